The van der Waals surface area contributed by atoms with Gasteiger partial charge < -0.3 is 29.5 Å². The minimum atomic E-state index is -5.17. The summed E-state index contributed by atoms with van der Waals surface area (Å²) in [4.78, 5) is 62.8. The molecule has 2 saturated heterocycles. The number of halogens is 4. The summed E-state index contributed by atoms with van der Waals surface area (Å²) in [5.74, 6) is -4.57. The van der Waals surface area contributed by atoms with E-state index in [9.17, 15) is 32.3 Å². The zero-order valence-electron chi connectivity index (χ0n) is 34.1. The van der Waals surface area contributed by atoms with E-state index in [0.29, 0.717) is 29.4 Å². The normalized spacial score (nSPS) is 31.8. The minimum absolute atomic E-state index is 0.000556. The summed E-state index contributed by atoms with van der Waals surface area (Å²) < 4.78 is 104. The smallest absolute Gasteiger partial charge is 0.414 e. The number of rotatable bonds is 9. The molecule has 8 atom stereocenters. The number of allylic oxidation sites excluding steroid dienone is 1. The fourth-order valence-corrected chi connectivity index (χ4v) is 10.8. The Morgan fingerprint density at radius 3 is 2.48 bits per heavy atom. The SMILES string of the molecule is COc1cnc(O[C@@H]2C[C@H]3C(=O)N[C@]4(C(=O)NS(=O)(=O)C5(CF)CC5)C[C@H]4C=CCC[C@@H](C)C[C@@H](C)[C@H](N(C(=O)O)C4(C(F)(F)F)CCCOC4)C(=O)N3C2)c2ccccc12. The standard InChI is InChI=1S/C41H51F4N5O10S/c1-24-9-4-5-10-26-19-40(26,36(53)48-61(56,57)38(22-42)14-15-38)47-33(51)30-18-27(60-34-29-12-7-6-11-28(29)31(58-3)20-46-34)21-49(30)35(52)32(25(2)17-24)50(37(54)55)39(41(43,44)45)13-8-16-59-23-39/h5-7,10-12,20,24-27,30,32H,4,8-9,13-19,21-23H2,1-3H3,(H,47,51)(H,48,53)(H,54,55)/t24-,25-,26-,27-,30+,32+,39?,40-/m1/s1. The average Bonchev–Trinajstić information content (AvgIpc) is 4.12. The van der Waals surface area contributed by atoms with Crippen LogP contribution < -0.4 is 19.5 Å². The van der Waals surface area contributed by atoms with Gasteiger partial charge in [-0.1, -0.05) is 44.2 Å². The highest BCUT2D eigenvalue weighted by Crippen LogP contribution is 2.49. The molecule has 1 aromatic carbocycles. The van der Waals surface area contributed by atoms with E-state index in [2.05, 4.69) is 10.3 Å². The molecule has 2 aromatic rings. The third kappa shape index (κ3) is 8.09. The van der Waals surface area contributed by atoms with Crippen molar-refractivity contribution in [2.24, 2.45) is 17.8 Å². The second kappa shape index (κ2) is 16.5. The van der Waals surface area contributed by atoms with Crippen LogP contribution in [-0.4, -0.2) is 126 Å². The van der Waals surface area contributed by atoms with Gasteiger partial charge in [0.1, 0.15) is 40.9 Å². The lowest BCUT2D eigenvalue weighted by molar-refractivity contribution is -0.260. The van der Waals surface area contributed by atoms with Gasteiger partial charge in [-0.15, -0.1) is 0 Å². The molecule has 2 aliphatic carbocycles. The Morgan fingerprint density at radius 1 is 1.13 bits per heavy atom. The third-order valence-electron chi connectivity index (χ3n) is 13.1. The van der Waals surface area contributed by atoms with Crippen LogP contribution in [0.3, 0.4) is 0 Å². The summed E-state index contributed by atoms with van der Waals surface area (Å²) in [5, 5.41) is 14.6. The number of sulfonamides is 1. The number of hydrogen-bond donors (Lipinski definition) is 3. The van der Waals surface area contributed by atoms with Gasteiger partial charge in [0.05, 0.1) is 26.5 Å². The van der Waals surface area contributed by atoms with E-state index in [0.717, 1.165) is 4.90 Å². The summed E-state index contributed by atoms with van der Waals surface area (Å²) in [6.45, 7) is 0.633. The van der Waals surface area contributed by atoms with E-state index in [1.807, 2.05) is 11.6 Å². The Balaban J connectivity index is 1.31. The topological polar surface area (TPSA) is 194 Å². The molecular weight excluding hydrogens is 831 g/mol. The van der Waals surface area contributed by atoms with E-state index in [1.54, 1.807) is 36.4 Å². The van der Waals surface area contributed by atoms with Crippen molar-refractivity contribution in [2.75, 3.05) is 33.5 Å². The summed E-state index contributed by atoms with van der Waals surface area (Å²) in [6.07, 6.45) is -3.49. The highest BCUT2D eigenvalue weighted by molar-refractivity contribution is 7.91. The van der Waals surface area contributed by atoms with Crippen LogP contribution in [0.5, 0.6) is 11.6 Å². The zero-order valence-corrected chi connectivity index (χ0v) is 34.9. The summed E-state index contributed by atoms with van der Waals surface area (Å²) >= 11 is 0. The number of carboxylic acid groups (broad SMARTS) is 1. The number of nitrogens with one attached hydrogen (secondary N) is 2. The Labute approximate surface area is 350 Å². The lowest BCUT2D eigenvalue weighted by Crippen LogP contribution is -2.71. The molecule has 334 valence electrons. The second-order valence-electron chi connectivity index (χ2n) is 17.3. The van der Waals surface area contributed by atoms with E-state index in [-0.39, 0.29) is 61.8 Å². The van der Waals surface area contributed by atoms with Crippen LogP contribution in [0.15, 0.2) is 42.6 Å². The summed E-state index contributed by atoms with van der Waals surface area (Å²) in [6, 6.07) is 3.46. The zero-order chi connectivity index (χ0) is 44.1. The van der Waals surface area contributed by atoms with Gasteiger partial charge in [-0.3, -0.25) is 24.0 Å². The average molecular weight is 882 g/mol. The molecule has 4 fully saturated rings. The number of methoxy groups -OCH3 is 1. The second-order valence-corrected chi connectivity index (χ2v) is 19.4. The molecule has 0 radical (unpaired) electrons. The number of aromatic nitrogens is 1. The molecular formula is C41H51F4N5O10S. The van der Waals surface area contributed by atoms with Crippen molar-refractivity contribution < 1.29 is 64.5 Å². The number of carbonyl (C=O) groups excluding carboxylic acids is 3. The maximum atomic E-state index is 15.4. The summed E-state index contributed by atoms with van der Waals surface area (Å²) in [7, 11) is -3.05. The molecule has 20 heteroatoms. The molecule has 5 aliphatic rings. The summed E-state index contributed by atoms with van der Waals surface area (Å²) in [5.41, 5.74) is -4.95. The van der Waals surface area contributed by atoms with Crippen molar-refractivity contribution >= 4 is 44.6 Å². The Bertz CT molecular complexity index is 2180. The Kier molecular flexibility index (Phi) is 12.0. The van der Waals surface area contributed by atoms with Gasteiger partial charge in [0.2, 0.25) is 27.7 Å². The van der Waals surface area contributed by atoms with Crippen LogP contribution in [0, 0.1) is 17.8 Å². The van der Waals surface area contributed by atoms with Crippen molar-refractivity contribution in [2.45, 2.75) is 112 Å². The predicted octanol–water partition coefficient (Wildman–Crippen LogP) is 4.89. The highest BCUT2D eigenvalue weighted by atomic mass is 32.2. The van der Waals surface area contributed by atoms with E-state index < -0.39 is 112 Å². The number of amides is 4. The minimum Gasteiger partial charge on any atom is -0.494 e. The molecule has 1 unspecified atom stereocenters. The van der Waals surface area contributed by atoms with Crippen LogP contribution in [0.25, 0.3) is 10.8 Å². The molecule has 3 N–H and O–H groups in total. The van der Waals surface area contributed by atoms with E-state index in [1.165, 1.54) is 20.2 Å². The molecule has 61 heavy (non-hydrogen) atoms. The monoisotopic (exact) mass is 881 g/mol. The highest BCUT2D eigenvalue weighted by Gasteiger charge is 2.66. The van der Waals surface area contributed by atoms with Crippen molar-refractivity contribution in [3.63, 3.8) is 0 Å². The van der Waals surface area contributed by atoms with Crippen LogP contribution >= 0.6 is 0 Å². The fourth-order valence-electron chi connectivity index (χ4n) is 9.35. The number of carbonyl (C=O) groups is 4. The molecule has 3 aliphatic heterocycles. The van der Waals surface area contributed by atoms with Crippen molar-refractivity contribution in [3.8, 4) is 11.6 Å². The molecule has 15 nitrogen and oxygen atoms in total. The van der Waals surface area contributed by atoms with E-state index in [4.69, 9.17) is 14.2 Å². The van der Waals surface area contributed by atoms with Crippen LogP contribution in [-0.2, 0) is 29.1 Å². The lowest BCUT2D eigenvalue weighted by atomic mass is 9.82. The number of ether oxygens (including phenoxy) is 3. The van der Waals surface area contributed by atoms with Gasteiger partial charge in [-0.25, -0.2) is 22.6 Å². The first-order valence-corrected chi connectivity index (χ1v) is 22.0. The Morgan fingerprint density at radius 2 is 1.85 bits per heavy atom. The van der Waals surface area contributed by atoms with Crippen molar-refractivity contribution in [1.82, 2.24) is 24.8 Å². The molecule has 2 saturated carbocycles. The van der Waals surface area contributed by atoms with Gasteiger partial charge in [-0.05, 0) is 69.3 Å². The maximum absolute atomic E-state index is 15.4. The van der Waals surface area contributed by atoms with Gasteiger partial charge >= 0.3 is 12.3 Å². The maximum Gasteiger partial charge on any atom is 0.414 e. The van der Waals surface area contributed by atoms with Gasteiger partial charge in [0, 0.05) is 29.7 Å². The first-order chi connectivity index (χ1) is 28.8. The van der Waals surface area contributed by atoms with Gasteiger partial charge in [0.25, 0.3) is 5.91 Å². The first kappa shape index (κ1) is 44.3. The van der Waals surface area contributed by atoms with Gasteiger partial charge in [0.15, 0.2) is 5.54 Å². The number of nitrogens with zero attached hydrogens (tertiary/aromatic N) is 3. The number of alkyl halides is 4. The third-order valence-corrected chi connectivity index (χ3v) is 15.2. The van der Waals surface area contributed by atoms with Crippen LogP contribution in [0.2, 0.25) is 0 Å². The Hall–Kier alpha value is -4.72. The number of benzene rings is 1. The molecule has 7 rings (SSSR count). The number of pyridine rings is 1. The molecule has 4 heterocycles. The van der Waals surface area contributed by atoms with Crippen molar-refractivity contribution in [1.29, 1.82) is 0 Å². The molecule has 4 amide bonds. The first-order valence-electron chi connectivity index (χ1n) is 20.5. The quantitative estimate of drug-likeness (QED) is 0.230. The van der Waals surface area contributed by atoms with Crippen LogP contribution in [0.1, 0.15) is 71.6 Å². The van der Waals surface area contributed by atoms with Crippen molar-refractivity contribution in [3.05, 3.63) is 42.6 Å². The molecule has 0 bridgehead atoms. The lowest BCUT2D eigenvalue weighted by Gasteiger charge is -2.50. The molecule has 0 spiro atoms. The fraction of sp³-hybridized carbons (Fsp3) is 0.634. The molecule has 1 aromatic heterocycles. The number of fused-ring (bicyclic) bond motifs is 3. The van der Waals surface area contributed by atoms with Gasteiger partial charge in [-0.2, -0.15) is 13.2 Å². The largest absolute Gasteiger partial charge is 0.494 e. The number of hydrogen-bond acceptors (Lipinski definition) is 10. The van der Waals surface area contributed by atoms with E-state index >= 15 is 18.0 Å². The predicted molar refractivity (Wildman–Crippen MR) is 211 cm³/mol. The van der Waals surface area contributed by atoms with Crippen LogP contribution in [0.4, 0.5) is 22.4 Å².